The quantitative estimate of drug-likeness (QED) is 0.374. The molecule has 0 saturated heterocycles. The molecule has 9 heteroatoms. The van der Waals surface area contributed by atoms with Gasteiger partial charge in [-0.3, -0.25) is 9.59 Å². The molecule has 0 saturated carbocycles. The molecule has 2 atom stereocenters. The first-order chi connectivity index (χ1) is 16.1. The Labute approximate surface area is 201 Å². The highest BCUT2D eigenvalue weighted by atomic mass is 16.5. The molecule has 0 spiro atoms. The normalized spacial score (nSPS) is 12.7. The zero-order valence-corrected chi connectivity index (χ0v) is 19.8. The molecule has 2 aromatic rings. The average Bonchev–Trinajstić information content (AvgIpc) is 2.76. The Kier molecular flexibility index (Phi) is 10.1. The number of hydrogen-bond donors (Lipinski definition) is 4. The maximum Gasteiger partial charge on any atom is 0.475 e. The molecule has 0 heterocycles. The van der Waals surface area contributed by atoms with Crippen molar-refractivity contribution in [1.29, 1.82) is 5.26 Å². The molecule has 2 amide bonds. The van der Waals surface area contributed by atoms with Crippen molar-refractivity contribution in [3.63, 3.8) is 0 Å². The molecule has 2 rings (SSSR count). The van der Waals surface area contributed by atoms with Gasteiger partial charge in [-0.25, -0.2) is 0 Å². The van der Waals surface area contributed by atoms with E-state index in [9.17, 15) is 24.9 Å². The van der Waals surface area contributed by atoms with Crippen LogP contribution in [-0.4, -0.2) is 47.1 Å². The Morgan fingerprint density at radius 1 is 1.06 bits per heavy atom. The van der Waals surface area contributed by atoms with Crippen LogP contribution in [0.3, 0.4) is 0 Å². The van der Waals surface area contributed by atoms with Crippen molar-refractivity contribution < 1.29 is 24.4 Å². The molecule has 0 bridgehead atoms. The van der Waals surface area contributed by atoms with E-state index in [1.165, 1.54) is 0 Å². The van der Waals surface area contributed by atoms with Gasteiger partial charge >= 0.3 is 7.12 Å². The van der Waals surface area contributed by atoms with Gasteiger partial charge in [0.15, 0.2) is 0 Å². The standard InChI is InChI=1S/C25H32BN3O5/c1-25(2,3)29-24(31)20(17-27)14-19-10-7-11-21(15-19)34-13-12-23(30)28-22(26(32)33)16-18-8-5-4-6-9-18/h4-11,15,20,22,32-33H,12-14,16H2,1-3H3,(H,28,30)(H,29,31)/t20?,22-/m0/s1. The average molecular weight is 465 g/mol. The predicted molar refractivity (Wildman–Crippen MR) is 130 cm³/mol. The van der Waals surface area contributed by atoms with Crippen molar-refractivity contribution in [2.75, 3.05) is 6.61 Å². The Morgan fingerprint density at radius 3 is 2.35 bits per heavy atom. The third-order valence-corrected chi connectivity index (χ3v) is 4.91. The lowest BCUT2D eigenvalue weighted by Crippen LogP contribution is -2.48. The van der Waals surface area contributed by atoms with Crippen LogP contribution in [-0.2, 0) is 22.4 Å². The van der Waals surface area contributed by atoms with E-state index < -0.39 is 24.5 Å². The number of hydrogen-bond acceptors (Lipinski definition) is 6. The minimum atomic E-state index is -1.69. The monoisotopic (exact) mass is 465 g/mol. The first kappa shape index (κ1) is 26.9. The minimum Gasteiger partial charge on any atom is -0.493 e. The molecule has 0 fully saturated rings. The molecule has 0 aliphatic rings. The van der Waals surface area contributed by atoms with Gasteiger partial charge in [-0.15, -0.1) is 0 Å². The molecule has 1 unspecified atom stereocenters. The van der Waals surface area contributed by atoms with Crippen molar-refractivity contribution in [1.82, 2.24) is 10.6 Å². The fraction of sp³-hybridized carbons (Fsp3) is 0.400. The molecule has 8 nitrogen and oxygen atoms in total. The number of nitrogens with zero attached hydrogens (tertiary/aromatic N) is 1. The molecule has 180 valence electrons. The van der Waals surface area contributed by atoms with Crippen molar-refractivity contribution in [2.45, 2.75) is 51.5 Å². The van der Waals surface area contributed by atoms with E-state index in [1.807, 2.05) is 63.2 Å². The van der Waals surface area contributed by atoms with E-state index in [1.54, 1.807) is 18.2 Å². The van der Waals surface area contributed by atoms with Gasteiger partial charge in [0.05, 0.1) is 25.0 Å². The summed E-state index contributed by atoms with van der Waals surface area (Å²) < 4.78 is 5.66. The van der Waals surface area contributed by atoms with E-state index in [0.29, 0.717) is 5.75 Å². The van der Waals surface area contributed by atoms with Crippen molar-refractivity contribution >= 4 is 18.9 Å². The molecule has 0 radical (unpaired) electrons. The fourth-order valence-electron chi connectivity index (χ4n) is 3.29. The maximum atomic E-state index is 12.3. The summed E-state index contributed by atoms with van der Waals surface area (Å²) in [4.78, 5) is 24.6. The van der Waals surface area contributed by atoms with Gasteiger partial charge in [-0.1, -0.05) is 42.5 Å². The highest BCUT2D eigenvalue weighted by Gasteiger charge is 2.25. The van der Waals surface area contributed by atoms with Crippen LogP contribution >= 0.6 is 0 Å². The van der Waals surface area contributed by atoms with E-state index in [0.717, 1.165) is 11.1 Å². The van der Waals surface area contributed by atoms with Crippen LogP contribution in [0.2, 0.25) is 0 Å². The molecule has 0 aliphatic heterocycles. The number of rotatable bonds is 11. The number of carbonyl (C=O) groups excluding carboxylic acids is 2. The Morgan fingerprint density at radius 2 is 1.74 bits per heavy atom. The predicted octanol–water partition coefficient (Wildman–Crippen LogP) is 1.79. The van der Waals surface area contributed by atoms with Gasteiger partial charge in [-0.05, 0) is 56.9 Å². The third kappa shape index (κ3) is 9.65. The molecule has 2 aromatic carbocycles. The summed E-state index contributed by atoms with van der Waals surface area (Å²) in [6, 6.07) is 18.3. The Bertz CT molecular complexity index is 986. The molecule has 0 aliphatic carbocycles. The second kappa shape index (κ2) is 12.8. The van der Waals surface area contributed by atoms with Crippen LogP contribution in [0.5, 0.6) is 5.75 Å². The van der Waals surface area contributed by atoms with Crippen LogP contribution in [0.15, 0.2) is 54.6 Å². The second-order valence-corrected chi connectivity index (χ2v) is 9.15. The number of nitriles is 1. The van der Waals surface area contributed by atoms with Crippen LogP contribution in [0.4, 0.5) is 0 Å². The van der Waals surface area contributed by atoms with Crippen molar-refractivity contribution in [3.8, 4) is 11.8 Å². The van der Waals surface area contributed by atoms with Gasteiger partial charge in [-0.2, -0.15) is 5.26 Å². The summed E-state index contributed by atoms with van der Waals surface area (Å²) in [6.45, 7) is 5.65. The zero-order valence-electron chi connectivity index (χ0n) is 19.8. The first-order valence-corrected chi connectivity index (χ1v) is 11.2. The number of ether oxygens (including phenoxy) is 1. The van der Waals surface area contributed by atoms with Crippen LogP contribution in [0.25, 0.3) is 0 Å². The lowest BCUT2D eigenvalue weighted by molar-refractivity contribution is -0.125. The lowest BCUT2D eigenvalue weighted by Gasteiger charge is -2.22. The minimum absolute atomic E-state index is 0.0248. The van der Waals surface area contributed by atoms with Gasteiger partial charge in [0.25, 0.3) is 0 Å². The maximum absolute atomic E-state index is 12.3. The first-order valence-electron chi connectivity index (χ1n) is 11.2. The lowest BCUT2D eigenvalue weighted by atomic mass is 9.76. The number of nitrogens with one attached hydrogen (secondary N) is 2. The summed E-state index contributed by atoms with van der Waals surface area (Å²) in [5, 5.41) is 34.1. The van der Waals surface area contributed by atoms with Crippen molar-refractivity contribution in [3.05, 3.63) is 65.7 Å². The van der Waals surface area contributed by atoms with Crippen LogP contribution in [0, 0.1) is 17.2 Å². The second-order valence-electron chi connectivity index (χ2n) is 9.15. The highest BCUT2D eigenvalue weighted by molar-refractivity contribution is 6.43. The van der Waals surface area contributed by atoms with Gasteiger partial charge in [0.1, 0.15) is 11.7 Å². The largest absolute Gasteiger partial charge is 0.493 e. The van der Waals surface area contributed by atoms with Gasteiger partial charge in [0, 0.05) is 5.54 Å². The zero-order chi connectivity index (χ0) is 25.1. The Hall–Kier alpha value is -3.35. The third-order valence-electron chi connectivity index (χ3n) is 4.91. The summed E-state index contributed by atoms with van der Waals surface area (Å²) in [7, 11) is -1.69. The summed E-state index contributed by atoms with van der Waals surface area (Å²) in [5.41, 5.74) is 1.22. The SMILES string of the molecule is CC(C)(C)NC(=O)C(C#N)Cc1cccc(OCCC(=O)N[C@@H](Cc2ccccc2)B(O)O)c1. The van der Waals surface area contributed by atoms with Crippen LogP contribution < -0.4 is 15.4 Å². The van der Waals surface area contributed by atoms with Gasteiger partial charge in [0.2, 0.25) is 11.8 Å². The van der Waals surface area contributed by atoms with E-state index in [2.05, 4.69) is 10.6 Å². The number of benzene rings is 2. The molecular formula is C25H32BN3O5. The Balaban J connectivity index is 1.86. The van der Waals surface area contributed by atoms with Crippen molar-refractivity contribution in [2.24, 2.45) is 5.92 Å². The van der Waals surface area contributed by atoms with E-state index in [4.69, 9.17) is 4.74 Å². The summed E-state index contributed by atoms with van der Waals surface area (Å²) in [5.74, 6) is -1.84. The number of carbonyl (C=O) groups is 2. The van der Waals surface area contributed by atoms with E-state index >= 15 is 0 Å². The molecule has 0 aromatic heterocycles. The fourth-order valence-corrected chi connectivity index (χ4v) is 3.29. The number of amides is 2. The molecule has 4 N–H and O–H groups in total. The smallest absolute Gasteiger partial charge is 0.475 e. The summed E-state index contributed by atoms with van der Waals surface area (Å²) >= 11 is 0. The highest BCUT2D eigenvalue weighted by Crippen LogP contribution is 2.17. The van der Waals surface area contributed by atoms with Gasteiger partial charge < -0.3 is 25.4 Å². The van der Waals surface area contributed by atoms with E-state index in [-0.39, 0.29) is 37.7 Å². The molecular weight excluding hydrogens is 433 g/mol. The summed E-state index contributed by atoms with van der Waals surface area (Å²) in [6.07, 6.45) is 0.554. The topological polar surface area (TPSA) is 132 Å². The van der Waals surface area contributed by atoms with Crippen LogP contribution in [0.1, 0.15) is 38.3 Å². The molecule has 34 heavy (non-hydrogen) atoms.